The van der Waals surface area contributed by atoms with Crippen molar-refractivity contribution in [2.45, 2.75) is 51.1 Å². The van der Waals surface area contributed by atoms with Crippen molar-refractivity contribution in [3.05, 3.63) is 53.8 Å². The van der Waals surface area contributed by atoms with Crippen LogP contribution in [0.4, 0.5) is 0 Å². The largest absolute Gasteiger partial charge is 0.354 e. The molecule has 0 aliphatic carbocycles. The molecule has 3 aromatic rings. The molecular formula is C21H25N3OS. The van der Waals surface area contributed by atoms with Crippen LogP contribution in [0.15, 0.2) is 48.8 Å². The van der Waals surface area contributed by atoms with E-state index in [4.69, 9.17) is 4.98 Å². The highest BCUT2D eigenvalue weighted by molar-refractivity contribution is 7.18. The van der Waals surface area contributed by atoms with E-state index in [2.05, 4.69) is 52.2 Å². The van der Waals surface area contributed by atoms with Gasteiger partial charge in [-0.3, -0.25) is 4.79 Å². The van der Waals surface area contributed by atoms with Crippen LogP contribution in [0.3, 0.4) is 0 Å². The number of hydrogen-bond acceptors (Lipinski definition) is 3. The number of aryl methyl sites for hydroxylation is 1. The summed E-state index contributed by atoms with van der Waals surface area (Å²) in [4.78, 5) is 19.6. The molecule has 0 N–H and O–H groups in total. The van der Waals surface area contributed by atoms with E-state index in [1.54, 1.807) is 11.3 Å². The zero-order valence-electron chi connectivity index (χ0n) is 15.0. The first-order chi connectivity index (χ1) is 12.8. The molecular weight excluding hydrogens is 342 g/mol. The van der Waals surface area contributed by atoms with Gasteiger partial charge in [-0.15, -0.1) is 11.3 Å². The maximum absolute atomic E-state index is 12.7. The summed E-state index contributed by atoms with van der Waals surface area (Å²) >= 11 is 1.74. The lowest BCUT2D eigenvalue weighted by atomic mass is 10.1. The van der Waals surface area contributed by atoms with Crippen LogP contribution in [-0.2, 0) is 11.3 Å². The third-order valence-corrected chi connectivity index (χ3v) is 6.28. The van der Waals surface area contributed by atoms with Crippen LogP contribution in [0.2, 0.25) is 0 Å². The van der Waals surface area contributed by atoms with Crippen LogP contribution >= 0.6 is 11.3 Å². The van der Waals surface area contributed by atoms with Gasteiger partial charge in [-0.05, 0) is 49.9 Å². The van der Waals surface area contributed by atoms with Crippen molar-refractivity contribution < 1.29 is 4.79 Å². The number of thiazole rings is 1. The van der Waals surface area contributed by atoms with Crippen molar-refractivity contribution in [2.24, 2.45) is 0 Å². The first-order valence-corrected chi connectivity index (χ1v) is 10.4. The Labute approximate surface area is 158 Å². The van der Waals surface area contributed by atoms with Crippen molar-refractivity contribution in [3.8, 4) is 0 Å². The molecule has 4 nitrogen and oxygen atoms in total. The van der Waals surface area contributed by atoms with Gasteiger partial charge in [-0.25, -0.2) is 4.98 Å². The molecule has 136 valence electrons. The highest BCUT2D eigenvalue weighted by atomic mass is 32.1. The minimum Gasteiger partial charge on any atom is -0.354 e. The van der Waals surface area contributed by atoms with Crippen molar-refractivity contribution in [2.75, 3.05) is 6.54 Å². The molecule has 0 radical (unpaired) electrons. The van der Waals surface area contributed by atoms with Gasteiger partial charge in [-0.1, -0.05) is 18.6 Å². The molecule has 1 aliphatic rings. The van der Waals surface area contributed by atoms with E-state index in [0.29, 0.717) is 12.3 Å². The van der Waals surface area contributed by atoms with E-state index in [0.717, 1.165) is 55.7 Å². The number of benzene rings is 1. The zero-order valence-corrected chi connectivity index (χ0v) is 15.8. The Kier molecular flexibility index (Phi) is 5.34. The monoisotopic (exact) mass is 367 g/mol. The van der Waals surface area contributed by atoms with Gasteiger partial charge in [0.05, 0.1) is 16.3 Å². The summed E-state index contributed by atoms with van der Waals surface area (Å²) < 4.78 is 3.41. The molecule has 1 fully saturated rings. The van der Waals surface area contributed by atoms with Crippen LogP contribution in [0.5, 0.6) is 0 Å². The second-order valence-corrected chi connectivity index (χ2v) is 8.06. The molecule has 0 bridgehead atoms. The molecule has 0 saturated carbocycles. The average molecular weight is 368 g/mol. The lowest BCUT2D eigenvalue weighted by Gasteiger charge is -2.23. The highest BCUT2D eigenvalue weighted by Crippen LogP contribution is 2.36. The number of likely N-dealkylation sites (tertiary alicyclic amines) is 1. The molecule has 26 heavy (non-hydrogen) atoms. The normalized spacial score (nSPS) is 17.2. The molecule has 1 saturated heterocycles. The summed E-state index contributed by atoms with van der Waals surface area (Å²) in [6.07, 6.45) is 10.2. The zero-order chi connectivity index (χ0) is 17.8. The van der Waals surface area contributed by atoms with E-state index >= 15 is 0 Å². The number of carbonyl (C=O) groups is 1. The van der Waals surface area contributed by atoms with Crippen molar-refractivity contribution in [3.63, 3.8) is 0 Å². The number of unbranched alkanes of at least 4 members (excludes halogenated alkanes) is 2. The number of amides is 1. The number of fused-ring (bicyclic) bond motifs is 1. The second-order valence-electron chi connectivity index (χ2n) is 7.00. The van der Waals surface area contributed by atoms with Crippen LogP contribution in [0, 0.1) is 0 Å². The van der Waals surface area contributed by atoms with Crippen LogP contribution in [0.25, 0.3) is 10.2 Å². The van der Waals surface area contributed by atoms with E-state index in [1.165, 1.54) is 4.70 Å². The summed E-state index contributed by atoms with van der Waals surface area (Å²) in [6.45, 7) is 1.92. The molecule has 1 amide bonds. The van der Waals surface area contributed by atoms with Gasteiger partial charge in [0, 0.05) is 31.9 Å². The Balaban J connectivity index is 1.30. The molecule has 3 heterocycles. The SMILES string of the molecule is O=C(CCCCCn1cccc1)N1CCCC1c1nc2ccccc2s1. The minimum atomic E-state index is 0.180. The Morgan fingerprint density at radius 2 is 1.96 bits per heavy atom. The van der Waals surface area contributed by atoms with Crippen molar-refractivity contribution >= 4 is 27.5 Å². The molecule has 1 unspecified atom stereocenters. The number of rotatable bonds is 7. The standard InChI is InChI=1S/C21H25N3OS/c25-20(12-2-1-5-13-23-14-6-7-15-23)24-16-8-10-18(24)21-22-17-9-3-4-11-19(17)26-21/h3-4,6-7,9,11,14-15,18H,1-2,5,8,10,12-13,16H2. The van der Waals surface area contributed by atoms with Gasteiger partial charge in [-0.2, -0.15) is 0 Å². The highest BCUT2D eigenvalue weighted by Gasteiger charge is 2.31. The molecule has 0 spiro atoms. The lowest BCUT2D eigenvalue weighted by molar-refractivity contribution is -0.132. The number of carbonyl (C=O) groups excluding carboxylic acids is 1. The van der Waals surface area contributed by atoms with E-state index < -0.39 is 0 Å². The summed E-state index contributed by atoms with van der Waals surface area (Å²) in [5, 5.41) is 1.10. The molecule has 2 aromatic heterocycles. The van der Waals surface area contributed by atoms with E-state index in [1.807, 2.05) is 6.07 Å². The first kappa shape index (κ1) is 17.3. The summed E-state index contributed by atoms with van der Waals surface area (Å²) in [5.41, 5.74) is 1.05. The summed E-state index contributed by atoms with van der Waals surface area (Å²) in [6, 6.07) is 12.5. The third-order valence-electron chi connectivity index (χ3n) is 5.14. The Morgan fingerprint density at radius 3 is 2.81 bits per heavy atom. The van der Waals surface area contributed by atoms with E-state index in [-0.39, 0.29) is 6.04 Å². The van der Waals surface area contributed by atoms with Gasteiger partial charge in [0.2, 0.25) is 5.91 Å². The summed E-state index contributed by atoms with van der Waals surface area (Å²) in [7, 11) is 0. The lowest BCUT2D eigenvalue weighted by Crippen LogP contribution is -2.30. The fraction of sp³-hybridized carbons (Fsp3) is 0.429. The predicted molar refractivity (Wildman–Crippen MR) is 106 cm³/mol. The number of aromatic nitrogens is 2. The summed E-state index contributed by atoms with van der Waals surface area (Å²) in [5.74, 6) is 0.299. The quantitative estimate of drug-likeness (QED) is 0.550. The maximum Gasteiger partial charge on any atom is 0.223 e. The van der Waals surface area contributed by atoms with Crippen LogP contribution < -0.4 is 0 Å². The third kappa shape index (κ3) is 3.83. The van der Waals surface area contributed by atoms with Gasteiger partial charge in [0.1, 0.15) is 5.01 Å². The van der Waals surface area contributed by atoms with E-state index in [9.17, 15) is 4.79 Å². The fourth-order valence-corrected chi connectivity index (χ4v) is 4.88. The number of hydrogen-bond donors (Lipinski definition) is 0. The predicted octanol–water partition coefficient (Wildman–Crippen LogP) is 5.02. The fourth-order valence-electron chi connectivity index (χ4n) is 3.76. The van der Waals surface area contributed by atoms with Gasteiger partial charge < -0.3 is 9.47 Å². The van der Waals surface area contributed by atoms with Gasteiger partial charge in [0.25, 0.3) is 0 Å². The smallest absolute Gasteiger partial charge is 0.223 e. The Hall–Kier alpha value is -2.14. The van der Waals surface area contributed by atoms with Gasteiger partial charge >= 0.3 is 0 Å². The Bertz CT molecular complexity index is 822. The molecule has 1 atom stereocenters. The topological polar surface area (TPSA) is 38.1 Å². The number of para-hydroxylation sites is 1. The first-order valence-electron chi connectivity index (χ1n) is 9.57. The molecule has 1 aromatic carbocycles. The van der Waals surface area contributed by atoms with Crippen molar-refractivity contribution in [1.29, 1.82) is 0 Å². The molecule has 1 aliphatic heterocycles. The van der Waals surface area contributed by atoms with Crippen LogP contribution in [0.1, 0.15) is 49.6 Å². The molecule has 5 heteroatoms. The second kappa shape index (κ2) is 8.04. The average Bonchev–Trinajstić information content (AvgIpc) is 3.39. The number of nitrogens with zero attached hydrogens (tertiary/aromatic N) is 3. The Morgan fingerprint density at radius 1 is 1.12 bits per heavy atom. The maximum atomic E-state index is 12.7. The minimum absolute atomic E-state index is 0.180. The molecule has 4 rings (SSSR count). The van der Waals surface area contributed by atoms with Crippen molar-refractivity contribution in [1.82, 2.24) is 14.5 Å². The van der Waals surface area contributed by atoms with Crippen LogP contribution in [-0.4, -0.2) is 26.9 Å². The van der Waals surface area contributed by atoms with Gasteiger partial charge in [0.15, 0.2) is 0 Å².